The minimum atomic E-state index is -0.148. The predicted octanol–water partition coefficient (Wildman–Crippen LogP) is 1.50. The fourth-order valence-electron chi connectivity index (χ4n) is 2.85. The van der Waals surface area contributed by atoms with Crippen molar-refractivity contribution in [2.45, 2.75) is 38.3 Å². The van der Waals surface area contributed by atoms with Gasteiger partial charge in [0, 0.05) is 12.5 Å². The van der Waals surface area contributed by atoms with Gasteiger partial charge in [0.15, 0.2) is 5.78 Å². The van der Waals surface area contributed by atoms with Gasteiger partial charge < -0.3 is 5.32 Å². The summed E-state index contributed by atoms with van der Waals surface area (Å²) in [7, 11) is 0. The average molecular weight is 285 g/mol. The molecule has 1 atom stereocenters. The van der Waals surface area contributed by atoms with E-state index in [1.54, 1.807) is 12.1 Å². The first kappa shape index (κ1) is 13.9. The first-order chi connectivity index (χ1) is 10.2. The van der Waals surface area contributed by atoms with Gasteiger partial charge in [-0.1, -0.05) is 18.6 Å². The third kappa shape index (κ3) is 3.19. The van der Waals surface area contributed by atoms with Crippen molar-refractivity contribution in [3.8, 4) is 0 Å². The van der Waals surface area contributed by atoms with Crippen LogP contribution in [0, 0.1) is 0 Å². The number of rotatable bonds is 4. The lowest BCUT2D eigenvalue weighted by Gasteiger charge is -2.22. The minimum Gasteiger partial charge on any atom is -0.314 e. The standard InChI is InChI=1S/C16H19N3O2/c20-13(9-12-5-3-4-8-17-12)10-19-11-18-15-7-2-1-6-14(15)16(19)21/h1-2,6-7,11-12,17H,3-5,8-10H2/t12-/m1/s1. The van der Waals surface area contributed by atoms with Crippen LogP contribution in [0.3, 0.4) is 0 Å². The smallest absolute Gasteiger partial charge is 0.261 e. The molecule has 3 rings (SSSR count). The number of hydrogen-bond acceptors (Lipinski definition) is 4. The van der Waals surface area contributed by atoms with Gasteiger partial charge in [-0.25, -0.2) is 4.98 Å². The van der Waals surface area contributed by atoms with Crippen LogP contribution in [0.25, 0.3) is 10.9 Å². The van der Waals surface area contributed by atoms with Gasteiger partial charge in [-0.3, -0.25) is 14.2 Å². The Balaban J connectivity index is 1.73. The summed E-state index contributed by atoms with van der Waals surface area (Å²) in [5.41, 5.74) is 0.519. The second kappa shape index (κ2) is 6.18. The van der Waals surface area contributed by atoms with Gasteiger partial charge in [0.2, 0.25) is 0 Å². The summed E-state index contributed by atoms with van der Waals surface area (Å²) in [6.45, 7) is 1.09. The Bertz CT molecular complexity index is 702. The third-order valence-corrected chi connectivity index (χ3v) is 3.96. The molecule has 0 aliphatic carbocycles. The number of carbonyl (C=O) groups excluding carboxylic acids is 1. The van der Waals surface area contributed by atoms with Crippen LogP contribution in [0.4, 0.5) is 0 Å². The highest BCUT2D eigenvalue weighted by Gasteiger charge is 2.17. The Morgan fingerprint density at radius 2 is 2.19 bits per heavy atom. The van der Waals surface area contributed by atoms with Gasteiger partial charge in [-0.15, -0.1) is 0 Å². The normalized spacial score (nSPS) is 18.8. The summed E-state index contributed by atoms with van der Waals surface area (Å²) in [6.07, 6.45) is 5.34. The number of ketones is 1. The van der Waals surface area contributed by atoms with E-state index in [1.807, 2.05) is 12.1 Å². The van der Waals surface area contributed by atoms with Crippen molar-refractivity contribution in [3.05, 3.63) is 40.9 Å². The number of carbonyl (C=O) groups is 1. The quantitative estimate of drug-likeness (QED) is 0.924. The van der Waals surface area contributed by atoms with E-state index < -0.39 is 0 Å². The number of benzene rings is 1. The van der Waals surface area contributed by atoms with Gasteiger partial charge in [-0.2, -0.15) is 0 Å². The molecule has 110 valence electrons. The highest BCUT2D eigenvalue weighted by Crippen LogP contribution is 2.11. The topological polar surface area (TPSA) is 64.0 Å². The Morgan fingerprint density at radius 1 is 1.33 bits per heavy atom. The number of aromatic nitrogens is 2. The monoisotopic (exact) mass is 285 g/mol. The minimum absolute atomic E-state index is 0.0774. The molecule has 5 heteroatoms. The molecule has 1 saturated heterocycles. The Kier molecular flexibility index (Phi) is 4.10. The second-order valence-electron chi connectivity index (χ2n) is 5.58. The molecular weight excluding hydrogens is 266 g/mol. The van der Waals surface area contributed by atoms with E-state index in [1.165, 1.54) is 23.7 Å². The molecule has 2 heterocycles. The zero-order valence-corrected chi connectivity index (χ0v) is 11.9. The molecule has 1 aliphatic heterocycles. The summed E-state index contributed by atoms with van der Waals surface area (Å²) in [5, 5.41) is 3.92. The highest BCUT2D eigenvalue weighted by atomic mass is 16.1. The van der Waals surface area contributed by atoms with Crippen LogP contribution in [0.1, 0.15) is 25.7 Å². The number of fused-ring (bicyclic) bond motifs is 1. The van der Waals surface area contributed by atoms with Gasteiger partial charge >= 0.3 is 0 Å². The molecule has 5 nitrogen and oxygen atoms in total. The number of Topliss-reactive ketones (excluding diaryl/α,β-unsaturated/α-hetero) is 1. The van der Waals surface area contributed by atoms with Gasteiger partial charge in [0.25, 0.3) is 5.56 Å². The van der Waals surface area contributed by atoms with Crippen molar-refractivity contribution >= 4 is 16.7 Å². The largest absolute Gasteiger partial charge is 0.314 e. The summed E-state index contributed by atoms with van der Waals surface area (Å²) in [4.78, 5) is 28.7. The molecule has 21 heavy (non-hydrogen) atoms. The van der Waals surface area contributed by atoms with Crippen LogP contribution >= 0.6 is 0 Å². The van der Waals surface area contributed by atoms with Crippen LogP contribution in [0.15, 0.2) is 35.4 Å². The molecule has 1 aliphatic rings. The molecule has 1 aromatic carbocycles. The van der Waals surface area contributed by atoms with Crippen molar-refractivity contribution < 1.29 is 4.79 Å². The number of nitrogens with zero attached hydrogens (tertiary/aromatic N) is 2. The van der Waals surface area contributed by atoms with E-state index in [4.69, 9.17) is 0 Å². The summed E-state index contributed by atoms with van der Waals surface area (Å²) < 4.78 is 1.41. The maximum absolute atomic E-state index is 12.3. The molecule has 0 unspecified atom stereocenters. The third-order valence-electron chi connectivity index (χ3n) is 3.96. The SMILES string of the molecule is O=C(C[C@H]1CCCCN1)Cn1cnc2ccccc2c1=O. The summed E-state index contributed by atoms with van der Waals surface area (Å²) >= 11 is 0. The number of para-hydroxylation sites is 1. The molecular formula is C16H19N3O2. The van der Waals surface area contributed by atoms with Gasteiger partial charge in [0.05, 0.1) is 23.8 Å². The summed E-state index contributed by atoms with van der Waals surface area (Å²) in [6, 6.07) is 7.46. The van der Waals surface area contributed by atoms with E-state index in [9.17, 15) is 9.59 Å². The van der Waals surface area contributed by atoms with Crippen LogP contribution in [-0.4, -0.2) is 27.9 Å². The molecule has 0 bridgehead atoms. The highest BCUT2D eigenvalue weighted by molar-refractivity contribution is 5.80. The van der Waals surface area contributed by atoms with Crippen LogP contribution in [-0.2, 0) is 11.3 Å². The summed E-state index contributed by atoms with van der Waals surface area (Å²) in [5.74, 6) is 0.0774. The lowest BCUT2D eigenvalue weighted by Crippen LogP contribution is -2.37. The first-order valence-electron chi connectivity index (χ1n) is 7.43. The number of piperidine rings is 1. The molecule has 0 radical (unpaired) electrons. The van der Waals surface area contributed by atoms with E-state index >= 15 is 0 Å². The number of hydrogen-bond donors (Lipinski definition) is 1. The average Bonchev–Trinajstić information content (AvgIpc) is 2.51. The first-order valence-corrected chi connectivity index (χ1v) is 7.43. The maximum atomic E-state index is 12.3. The van der Waals surface area contributed by atoms with Crippen molar-refractivity contribution in [2.75, 3.05) is 6.54 Å². The molecule has 1 aromatic heterocycles. The fourth-order valence-corrected chi connectivity index (χ4v) is 2.85. The van der Waals surface area contributed by atoms with E-state index in [0.717, 1.165) is 13.0 Å². The molecule has 0 saturated carbocycles. The van der Waals surface area contributed by atoms with Crippen molar-refractivity contribution in [1.82, 2.24) is 14.9 Å². The lowest BCUT2D eigenvalue weighted by atomic mass is 10.00. The van der Waals surface area contributed by atoms with Crippen molar-refractivity contribution in [2.24, 2.45) is 0 Å². The van der Waals surface area contributed by atoms with Crippen molar-refractivity contribution in [3.63, 3.8) is 0 Å². The van der Waals surface area contributed by atoms with Crippen LogP contribution in [0.2, 0.25) is 0 Å². The Hall–Kier alpha value is -2.01. The lowest BCUT2D eigenvalue weighted by molar-refractivity contribution is -0.120. The molecule has 0 amide bonds. The zero-order valence-electron chi connectivity index (χ0n) is 11.9. The van der Waals surface area contributed by atoms with E-state index in [-0.39, 0.29) is 23.9 Å². The zero-order chi connectivity index (χ0) is 14.7. The molecule has 2 aromatic rings. The predicted molar refractivity (Wildman–Crippen MR) is 81.3 cm³/mol. The van der Waals surface area contributed by atoms with Gasteiger partial charge in [0.1, 0.15) is 0 Å². The van der Waals surface area contributed by atoms with Crippen molar-refractivity contribution in [1.29, 1.82) is 0 Å². The molecule has 1 fully saturated rings. The second-order valence-corrected chi connectivity index (χ2v) is 5.58. The van der Waals surface area contributed by atoms with E-state index in [2.05, 4.69) is 10.3 Å². The van der Waals surface area contributed by atoms with Gasteiger partial charge in [-0.05, 0) is 31.5 Å². The number of nitrogens with one attached hydrogen (secondary N) is 1. The fraction of sp³-hybridized carbons (Fsp3) is 0.438. The molecule has 1 N–H and O–H groups in total. The van der Waals surface area contributed by atoms with E-state index in [0.29, 0.717) is 17.3 Å². The van der Waals surface area contributed by atoms with Crippen LogP contribution < -0.4 is 10.9 Å². The van der Waals surface area contributed by atoms with Crippen LogP contribution in [0.5, 0.6) is 0 Å². The maximum Gasteiger partial charge on any atom is 0.261 e. The molecule has 0 spiro atoms. The Morgan fingerprint density at radius 3 is 3.00 bits per heavy atom. The Labute approximate surface area is 123 Å².